The lowest BCUT2D eigenvalue weighted by atomic mass is 10.1. The molecule has 3 rings (SSSR count). The van der Waals surface area contributed by atoms with Crippen LogP contribution in [0.1, 0.15) is 26.3 Å². The molecule has 134 valence electrons. The number of hydrogen-bond donors (Lipinski definition) is 2. The molecule has 0 saturated carbocycles. The van der Waals surface area contributed by atoms with Gasteiger partial charge in [-0.25, -0.2) is 5.43 Å². The minimum Gasteiger partial charge on any atom is -0.321 e. The first kappa shape index (κ1) is 18.5. The Morgan fingerprint density at radius 2 is 1.67 bits per heavy atom. The van der Waals surface area contributed by atoms with Crippen molar-refractivity contribution in [2.45, 2.75) is 0 Å². The third-order valence-corrected chi connectivity index (χ3v) is 4.29. The predicted octanol–water partition coefficient (Wildman–Crippen LogP) is 3.86. The number of pyridine rings is 1. The molecule has 0 spiro atoms. The van der Waals surface area contributed by atoms with Crippen LogP contribution in [0.25, 0.3) is 0 Å². The number of anilines is 1. The third kappa shape index (κ3) is 4.86. The van der Waals surface area contributed by atoms with Crippen LogP contribution in [0.2, 0.25) is 0 Å². The van der Waals surface area contributed by atoms with Gasteiger partial charge in [0.05, 0.1) is 23.0 Å². The molecule has 2 N–H and O–H groups in total. The Labute approximate surface area is 164 Å². The summed E-state index contributed by atoms with van der Waals surface area (Å²) in [4.78, 5) is 28.9. The number of nitrogens with one attached hydrogen (secondary N) is 2. The first-order valence-electron chi connectivity index (χ1n) is 8.03. The standard InChI is InChI=1S/C20H15BrN4O2/c21-17-9-3-1-7-15(17)19(26)24-18-10-4-2-8-16(18)20(27)25-23-13-14-6-5-11-22-12-14/h1-13H,(H,24,26)(H,25,27). The Morgan fingerprint density at radius 3 is 2.41 bits per heavy atom. The monoisotopic (exact) mass is 422 g/mol. The fourth-order valence-corrected chi connectivity index (χ4v) is 2.77. The van der Waals surface area contributed by atoms with Gasteiger partial charge in [-0.3, -0.25) is 14.6 Å². The van der Waals surface area contributed by atoms with E-state index in [0.29, 0.717) is 21.3 Å². The van der Waals surface area contributed by atoms with Crippen LogP contribution in [-0.2, 0) is 0 Å². The number of rotatable bonds is 5. The molecule has 0 bridgehead atoms. The highest BCUT2D eigenvalue weighted by molar-refractivity contribution is 9.10. The predicted molar refractivity (Wildman–Crippen MR) is 108 cm³/mol. The Bertz CT molecular complexity index is 990. The Balaban J connectivity index is 1.73. The molecule has 3 aromatic rings. The Hall–Kier alpha value is -3.32. The van der Waals surface area contributed by atoms with Gasteiger partial charge in [0.2, 0.25) is 0 Å². The van der Waals surface area contributed by atoms with Crippen LogP contribution in [0.5, 0.6) is 0 Å². The molecule has 6 nitrogen and oxygen atoms in total. The fraction of sp³-hybridized carbons (Fsp3) is 0. The summed E-state index contributed by atoms with van der Waals surface area (Å²) in [6, 6.07) is 17.4. The lowest BCUT2D eigenvalue weighted by Crippen LogP contribution is -2.21. The molecular formula is C20H15BrN4O2. The quantitative estimate of drug-likeness (QED) is 0.483. The molecule has 0 aliphatic heterocycles. The SMILES string of the molecule is O=C(Nc1ccccc1C(=O)NN=Cc1cccnc1)c1ccccc1Br. The van der Waals surface area contributed by atoms with Crippen molar-refractivity contribution in [3.63, 3.8) is 0 Å². The lowest BCUT2D eigenvalue weighted by Gasteiger charge is -2.10. The van der Waals surface area contributed by atoms with Crippen LogP contribution in [0, 0.1) is 0 Å². The van der Waals surface area contributed by atoms with Crippen molar-refractivity contribution in [3.8, 4) is 0 Å². The Kier molecular flexibility index (Phi) is 6.06. The molecule has 1 heterocycles. The van der Waals surface area contributed by atoms with E-state index in [9.17, 15) is 9.59 Å². The van der Waals surface area contributed by atoms with E-state index >= 15 is 0 Å². The first-order valence-corrected chi connectivity index (χ1v) is 8.83. The van der Waals surface area contributed by atoms with Crippen molar-refractivity contribution in [1.29, 1.82) is 0 Å². The summed E-state index contributed by atoms with van der Waals surface area (Å²) in [5, 5.41) is 6.69. The van der Waals surface area contributed by atoms with Crippen LogP contribution in [0.15, 0.2) is 82.6 Å². The summed E-state index contributed by atoms with van der Waals surface area (Å²) in [5.41, 5.74) is 4.39. The van der Waals surface area contributed by atoms with Gasteiger partial charge in [0.15, 0.2) is 0 Å². The van der Waals surface area contributed by atoms with Gasteiger partial charge in [0.1, 0.15) is 0 Å². The van der Waals surface area contributed by atoms with E-state index < -0.39 is 5.91 Å². The first-order chi connectivity index (χ1) is 13.1. The molecule has 0 radical (unpaired) electrons. The number of amides is 2. The third-order valence-electron chi connectivity index (χ3n) is 3.60. The highest BCUT2D eigenvalue weighted by Gasteiger charge is 2.15. The highest BCUT2D eigenvalue weighted by atomic mass is 79.9. The summed E-state index contributed by atoms with van der Waals surface area (Å²) in [6.07, 6.45) is 4.77. The summed E-state index contributed by atoms with van der Waals surface area (Å²) >= 11 is 3.35. The Morgan fingerprint density at radius 1 is 0.926 bits per heavy atom. The van der Waals surface area contributed by atoms with Gasteiger partial charge < -0.3 is 5.32 Å². The molecule has 27 heavy (non-hydrogen) atoms. The van der Waals surface area contributed by atoms with E-state index in [1.54, 1.807) is 60.9 Å². The zero-order valence-electron chi connectivity index (χ0n) is 14.1. The van der Waals surface area contributed by atoms with E-state index in [1.807, 2.05) is 12.1 Å². The van der Waals surface area contributed by atoms with E-state index in [2.05, 4.69) is 36.8 Å². The van der Waals surface area contributed by atoms with Gasteiger partial charge in [0, 0.05) is 22.4 Å². The summed E-state index contributed by atoms with van der Waals surface area (Å²) < 4.78 is 0.672. The van der Waals surface area contributed by atoms with E-state index in [-0.39, 0.29) is 5.91 Å². The van der Waals surface area contributed by atoms with Crippen molar-refractivity contribution < 1.29 is 9.59 Å². The molecule has 7 heteroatoms. The summed E-state index contributed by atoms with van der Waals surface area (Å²) in [6.45, 7) is 0. The van der Waals surface area contributed by atoms with Crippen LogP contribution < -0.4 is 10.7 Å². The molecule has 0 aliphatic rings. The minimum absolute atomic E-state index is 0.307. The van der Waals surface area contributed by atoms with Crippen molar-refractivity contribution in [2.24, 2.45) is 5.10 Å². The van der Waals surface area contributed by atoms with Crippen molar-refractivity contribution in [3.05, 3.63) is 94.2 Å². The second-order valence-electron chi connectivity index (χ2n) is 5.47. The average molecular weight is 423 g/mol. The second-order valence-corrected chi connectivity index (χ2v) is 6.32. The highest BCUT2D eigenvalue weighted by Crippen LogP contribution is 2.20. The summed E-state index contributed by atoms with van der Waals surface area (Å²) in [7, 11) is 0. The number of nitrogens with zero attached hydrogens (tertiary/aromatic N) is 2. The molecule has 0 saturated heterocycles. The summed E-state index contributed by atoms with van der Waals surface area (Å²) in [5.74, 6) is -0.750. The van der Waals surface area contributed by atoms with Gasteiger partial charge in [0.25, 0.3) is 11.8 Å². The number of para-hydroxylation sites is 1. The molecule has 0 aliphatic carbocycles. The van der Waals surface area contributed by atoms with Gasteiger partial charge in [-0.15, -0.1) is 0 Å². The molecule has 0 unspecified atom stereocenters. The number of carbonyl (C=O) groups is 2. The topological polar surface area (TPSA) is 83.5 Å². The largest absolute Gasteiger partial charge is 0.321 e. The molecule has 1 aromatic heterocycles. The average Bonchev–Trinajstić information content (AvgIpc) is 2.69. The minimum atomic E-state index is -0.432. The maximum atomic E-state index is 12.5. The fourth-order valence-electron chi connectivity index (χ4n) is 2.30. The van der Waals surface area contributed by atoms with E-state index in [1.165, 1.54) is 6.21 Å². The van der Waals surface area contributed by atoms with Crippen LogP contribution in [0.3, 0.4) is 0 Å². The molecular weight excluding hydrogens is 408 g/mol. The maximum absolute atomic E-state index is 12.5. The molecule has 0 atom stereocenters. The molecule has 0 fully saturated rings. The van der Waals surface area contributed by atoms with Gasteiger partial charge in [-0.1, -0.05) is 30.3 Å². The number of halogens is 1. The lowest BCUT2D eigenvalue weighted by molar-refractivity contribution is 0.0956. The molecule has 2 amide bonds. The number of carbonyl (C=O) groups excluding carboxylic acids is 2. The smallest absolute Gasteiger partial charge is 0.273 e. The van der Waals surface area contributed by atoms with Crippen molar-refractivity contribution in [2.75, 3.05) is 5.32 Å². The van der Waals surface area contributed by atoms with E-state index in [0.717, 1.165) is 5.56 Å². The van der Waals surface area contributed by atoms with Crippen LogP contribution in [-0.4, -0.2) is 23.0 Å². The number of hydrogen-bond acceptors (Lipinski definition) is 4. The molecule has 2 aromatic carbocycles. The zero-order chi connectivity index (χ0) is 19.1. The van der Waals surface area contributed by atoms with Gasteiger partial charge >= 0.3 is 0 Å². The normalized spacial score (nSPS) is 10.6. The zero-order valence-corrected chi connectivity index (χ0v) is 15.7. The number of aromatic nitrogens is 1. The number of hydrazone groups is 1. The van der Waals surface area contributed by atoms with Crippen LogP contribution >= 0.6 is 15.9 Å². The van der Waals surface area contributed by atoms with E-state index in [4.69, 9.17) is 0 Å². The van der Waals surface area contributed by atoms with Crippen LogP contribution in [0.4, 0.5) is 5.69 Å². The maximum Gasteiger partial charge on any atom is 0.273 e. The van der Waals surface area contributed by atoms with Gasteiger partial charge in [-0.2, -0.15) is 5.10 Å². The van der Waals surface area contributed by atoms with Crippen molar-refractivity contribution in [1.82, 2.24) is 10.4 Å². The number of benzene rings is 2. The van der Waals surface area contributed by atoms with Crippen molar-refractivity contribution >= 4 is 39.6 Å². The second kappa shape index (κ2) is 8.86. The van der Waals surface area contributed by atoms with Gasteiger partial charge in [-0.05, 0) is 46.3 Å².